The van der Waals surface area contributed by atoms with Crippen LogP contribution in [-0.4, -0.2) is 67.8 Å². The molecule has 5 rings (SSSR count). The van der Waals surface area contributed by atoms with Crippen molar-refractivity contribution in [2.45, 2.75) is 24.9 Å². The number of aliphatic hydroxyl groups is 1. The minimum Gasteiger partial charge on any atom is -0.394 e. The van der Waals surface area contributed by atoms with Crippen molar-refractivity contribution in [2.24, 2.45) is 5.73 Å². The van der Waals surface area contributed by atoms with Crippen LogP contribution in [0, 0.1) is 18.3 Å². The number of aromatic nitrogens is 4. The maximum atomic E-state index is 13.1. The molecule has 0 spiro atoms. The Morgan fingerprint density at radius 1 is 1.36 bits per heavy atom. The minimum atomic E-state index is -2.84. The number of halogens is 2. The Bertz CT molecular complexity index is 1390. The Labute approximate surface area is 204 Å². The van der Waals surface area contributed by atoms with E-state index >= 15 is 0 Å². The highest BCUT2D eigenvalue weighted by atomic mass is 19.3. The van der Waals surface area contributed by atoms with E-state index in [0.717, 1.165) is 4.90 Å². The summed E-state index contributed by atoms with van der Waals surface area (Å²) in [6.07, 6.45) is 1.53. The van der Waals surface area contributed by atoms with E-state index in [4.69, 9.17) is 5.73 Å². The topological polar surface area (TPSA) is 158 Å². The van der Waals surface area contributed by atoms with Gasteiger partial charge in [-0.05, 0) is 25.1 Å². The zero-order chi connectivity index (χ0) is 25.7. The van der Waals surface area contributed by atoms with Crippen LogP contribution >= 0.6 is 0 Å². The third-order valence-electron chi connectivity index (χ3n) is 6.23. The molecular weight excluding hydrogens is 472 g/mol. The lowest BCUT2D eigenvalue weighted by Gasteiger charge is -2.38. The van der Waals surface area contributed by atoms with Crippen molar-refractivity contribution in [1.82, 2.24) is 24.6 Å². The van der Waals surface area contributed by atoms with Crippen molar-refractivity contribution in [3.05, 3.63) is 47.3 Å². The van der Waals surface area contributed by atoms with Crippen LogP contribution < -0.4 is 16.4 Å². The summed E-state index contributed by atoms with van der Waals surface area (Å²) in [5.74, 6) is -2.69. The number of anilines is 3. The fourth-order valence-corrected chi connectivity index (χ4v) is 4.32. The highest BCUT2D eigenvalue weighted by Gasteiger charge is 2.46. The molecule has 3 aromatic rings. The number of nitrogens with two attached hydrogens (primary N) is 1. The average molecular weight is 495 g/mol. The molecule has 1 aromatic carbocycles. The SMILES string of the molecule is Cc1cc(Nc2nccc(-c3cc(C#N)c4c(c3)C(N)(CO)CN4)n2)n(CC(=O)N2CC(F)(F)C2)n1. The number of fused-ring (bicyclic) bond motifs is 1. The molecule has 0 bridgehead atoms. The average Bonchev–Trinajstić information content (AvgIpc) is 3.36. The summed E-state index contributed by atoms with van der Waals surface area (Å²) < 4.78 is 27.6. The van der Waals surface area contributed by atoms with Gasteiger partial charge in [0.05, 0.1) is 47.9 Å². The number of likely N-dealkylation sites (tertiary alicyclic amines) is 1. The third-order valence-corrected chi connectivity index (χ3v) is 6.23. The van der Waals surface area contributed by atoms with Crippen LogP contribution in [0.4, 0.5) is 26.2 Å². The van der Waals surface area contributed by atoms with E-state index in [9.17, 15) is 23.9 Å². The molecule has 36 heavy (non-hydrogen) atoms. The molecule has 1 amide bonds. The molecule has 0 saturated carbocycles. The Morgan fingerprint density at radius 2 is 2.14 bits per heavy atom. The maximum absolute atomic E-state index is 13.1. The van der Waals surface area contributed by atoms with Crippen molar-refractivity contribution < 1.29 is 18.7 Å². The first-order valence-corrected chi connectivity index (χ1v) is 11.1. The second kappa shape index (κ2) is 8.51. The van der Waals surface area contributed by atoms with Gasteiger partial charge in [-0.2, -0.15) is 10.4 Å². The predicted molar refractivity (Wildman–Crippen MR) is 125 cm³/mol. The lowest BCUT2D eigenvalue weighted by Crippen LogP contribution is -2.59. The zero-order valence-corrected chi connectivity index (χ0v) is 19.3. The first-order chi connectivity index (χ1) is 17.1. The Hall–Kier alpha value is -4.15. The van der Waals surface area contributed by atoms with Gasteiger partial charge in [0.15, 0.2) is 0 Å². The molecule has 4 heterocycles. The molecule has 1 unspecified atom stereocenters. The van der Waals surface area contributed by atoms with Gasteiger partial charge in [-0.15, -0.1) is 0 Å². The molecule has 11 nitrogen and oxygen atoms in total. The van der Waals surface area contributed by atoms with Crippen molar-refractivity contribution in [3.63, 3.8) is 0 Å². The lowest BCUT2D eigenvalue weighted by atomic mass is 9.90. The van der Waals surface area contributed by atoms with Gasteiger partial charge in [-0.3, -0.25) is 4.79 Å². The number of carbonyl (C=O) groups excluding carboxylic acids is 1. The summed E-state index contributed by atoms with van der Waals surface area (Å²) in [6, 6.07) is 8.97. The summed E-state index contributed by atoms with van der Waals surface area (Å²) >= 11 is 0. The van der Waals surface area contributed by atoms with Crippen LogP contribution in [0.15, 0.2) is 30.5 Å². The maximum Gasteiger partial charge on any atom is 0.282 e. The van der Waals surface area contributed by atoms with E-state index in [0.29, 0.717) is 46.1 Å². The van der Waals surface area contributed by atoms with Gasteiger partial charge >= 0.3 is 0 Å². The van der Waals surface area contributed by atoms with Gasteiger partial charge in [0.1, 0.15) is 18.4 Å². The van der Waals surface area contributed by atoms with Gasteiger partial charge < -0.3 is 26.4 Å². The molecule has 2 aromatic heterocycles. The summed E-state index contributed by atoms with van der Waals surface area (Å²) in [4.78, 5) is 22.2. The summed E-state index contributed by atoms with van der Waals surface area (Å²) in [5, 5.41) is 29.9. The highest BCUT2D eigenvalue weighted by molar-refractivity contribution is 5.78. The fraction of sp³-hybridized carbons (Fsp3) is 0.348. The van der Waals surface area contributed by atoms with Gasteiger partial charge in [0.2, 0.25) is 11.9 Å². The highest BCUT2D eigenvalue weighted by Crippen LogP contribution is 2.38. The van der Waals surface area contributed by atoms with Crippen molar-refractivity contribution in [1.29, 1.82) is 5.26 Å². The van der Waals surface area contributed by atoms with Gasteiger partial charge in [0, 0.05) is 29.9 Å². The molecule has 1 fully saturated rings. The molecule has 1 saturated heterocycles. The van der Waals surface area contributed by atoms with E-state index < -0.39 is 30.5 Å². The number of nitrogens with zero attached hydrogens (tertiary/aromatic N) is 6. The molecular formula is C23H23F2N9O2. The van der Waals surface area contributed by atoms with Crippen LogP contribution in [0.25, 0.3) is 11.3 Å². The molecule has 0 radical (unpaired) electrons. The second-order valence-corrected chi connectivity index (χ2v) is 9.05. The van der Waals surface area contributed by atoms with E-state index in [1.807, 2.05) is 0 Å². The molecule has 2 aliphatic rings. The quantitative estimate of drug-likeness (QED) is 0.396. The van der Waals surface area contributed by atoms with Crippen LogP contribution in [0.2, 0.25) is 0 Å². The van der Waals surface area contributed by atoms with E-state index in [1.165, 1.54) is 10.9 Å². The van der Waals surface area contributed by atoms with Gasteiger partial charge in [-0.25, -0.2) is 23.4 Å². The number of amides is 1. The Balaban J connectivity index is 1.41. The fourth-order valence-electron chi connectivity index (χ4n) is 4.32. The van der Waals surface area contributed by atoms with Crippen molar-refractivity contribution in [2.75, 3.05) is 36.9 Å². The monoisotopic (exact) mass is 495 g/mol. The zero-order valence-electron chi connectivity index (χ0n) is 19.3. The number of aryl methyl sites for hydroxylation is 1. The van der Waals surface area contributed by atoms with Crippen LogP contribution in [0.1, 0.15) is 16.8 Å². The first-order valence-electron chi connectivity index (χ1n) is 11.1. The number of hydrogen-bond donors (Lipinski definition) is 4. The Morgan fingerprint density at radius 3 is 2.83 bits per heavy atom. The van der Waals surface area contributed by atoms with E-state index in [1.54, 1.807) is 31.2 Å². The number of rotatable bonds is 6. The number of benzene rings is 1. The lowest BCUT2D eigenvalue weighted by molar-refractivity contribution is -0.166. The summed E-state index contributed by atoms with van der Waals surface area (Å²) in [6.45, 7) is 0.334. The van der Waals surface area contributed by atoms with Crippen molar-refractivity contribution >= 4 is 23.4 Å². The van der Waals surface area contributed by atoms with Gasteiger partial charge in [0.25, 0.3) is 5.92 Å². The van der Waals surface area contributed by atoms with Crippen molar-refractivity contribution in [3.8, 4) is 17.3 Å². The molecule has 13 heteroatoms. The molecule has 2 aliphatic heterocycles. The molecule has 1 atom stereocenters. The smallest absolute Gasteiger partial charge is 0.282 e. The normalized spacial score (nSPS) is 19.7. The number of aliphatic hydroxyl groups excluding tert-OH is 1. The van der Waals surface area contributed by atoms with Crippen LogP contribution in [0.3, 0.4) is 0 Å². The number of alkyl halides is 2. The van der Waals surface area contributed by atoms with E-state index in [2.05, 4.69) is 31.8 Å². The van der Waals surface area contributed by atoms with Gasteiger partial charge in [-0.1, -0.05) is 0 Å². The number of hydrogen-bond acceptors (Lipinski definition) is 9. The number of nitrogens with one attached hydrogen (secondary N) is 2. The summed E-state index contributed by atoms with van der Waals surface area (Å²) in [5.41, 5.74) is 8.62. The predicted octanol–water partition coefficient (Wildman–Crippen LogP) is 1.31. The number of nitriles is 1. The van der Waals surface area contributed by atoms with Crippen LogP contribution in [-0.2, 0) is 16.9 Å². The van der Waals surface area contributed by atoms with E-state index in [-0.39, 0.29) is 19.1 Å². The molecule has 186 valence electrons. The first kappa shape index (κ1) is 23.6. The second-order valence-electron chi connectivity index (χ2n) is 9.05. The third kappa shape index (κ3) is 4.21. The summed E-state index contributed by atoms with van der Waals surface area (Å²) in [7, 11) is 0. The number of carbonyl (C=O) groups is 1. The largest absolute Gasteiger partial charge is 0.394 e. The standard InChI is InChI=1S/C23H23F2N9O2/c1-13-4-18(34(32-13)8-19(36)33-10-23(24,25)11-33)31-21-28-3-2-17(30-21)14-5-15(7-26)20-16(6-14)22(27,12-35)9-29-20/h2-6,29,35H,8-12,27H2,1H3,(H,28,30,31). The van der Waals surface area contributed by atoms with Crippen LogP contribution in [0.5, 0.6) is 0 Å². The Kier molecular flexibility index (Phi) is 5.57. The molecule has 0 aliphatic carbocycles. The minimum absolute atomic E-state index is 0.204. The molecule has 5 N–H and O–H groups in total.